The minimum absolute atomic E-state index is 0.812. The van der Waals surface area contributed by atoms with E-state index in [1.54, 1.807) is 4.90 Å². The van der Waals surface area contributed by atoms with Gasteiger partial charge in [-0.1, -0.05) is 0 Å². The first-order valence-corrected chi connectivity index (χ1v) is 4.58. The van der Waals surface area contributed by atoms with Gasteiger partial charge in [0.05, 0.1) is 19.6 Å². The first-order chi connectivity index (χ1) is 5.35. The summed E-state index contributed by atoms with van der Waals surface area (Å²) in [7, 11) is 0. The summed E-state index contributed by atoms with van der Waals surface area (Å²) in [5.41, 5.74) is 10.8. The third-order valence-electron chi connectivity index (χ3n) is 1.97. The normalized spacial score (nSPS) is 10.9. The smallest absolute Gasteiger partial charge is 0.0783 e. The average molecular weight is 160 g/mol. The molecule has 0 aliphatic heterocycles. The molecule has 68 valence electrons. The first kappa shape index (κ1) is 10.9. The van der Waals surface area contributed by atoms with Crippen molar-refractivity contribution in [2.24, 2.45) is 11.5 Å². The van der Waals surface area contributed by atoms with E-state index in [4.69, 9.17) is 11.5 Å². The van der Waals surface area contributed by atoms with E-state index in [1.165, 1.54) is 19.6 Å². The summed E-state index contributed by atoms with van der Waals surface area (Å²) in [5, 5.41) is 0. The van der Waals surface area contributed by atoms with Crippen LogP contribution in [0.15, 0.2) is 0 Å². The first-order valence-electron chi connectivity index (χ1n) is 4.58. The highest BCUT2D eigenvalue weighted by atomic mass is 15.1. The zero-order chi connectivity index (χ0) is 8.53. The fraction of sp³-hybridized carbons (Fsp3) is 1.00. The molecule has 0 saturated carbocycles. The second-order valence-electron chi connectivity index (χ2n) is 2.89. The van der Waals surface area contributed by atoms with Crippen molar-refractivity contribution in [2.75, 3.05) is 32.7 Å². The van der Waals surface area contributed by atoms with Crippen LogP contribution in [0.2, 0.25) is 0 Å². The van der Waals surface area contributed by atoms with Gasteiger partial charge in [-0.15, -0.1) is 0 Å². The van der Waals surface area contributed by atoms with E-state index >= 15 is 0 Å². The van der Waals surface area contributed by atoms with Gasteiger partial charge in [0.1, 0.15) is 0 Å². The molecular weight excluding hydrogens is 138 g/mol. The number of rotatable bonds is 7. The summed E-state index contributed by atoms with van der Waals surface area (Å²) in [6, 6.07) is 0. The van der Waals surface area contributed by atoms with Crippen molar-refractivity contribution in [1.29, 1.82) is 0 Å². The molecule has 0 amide bonds. The zero-order valence-electron chi connectivity index (χ0n) is 7.60. The van der Waals surface area contributed by atoms with Gasteiger partial charge < -0.3 is 16.4 Å². The van der Waals surface area contributed by atoms with Crippen LogP contribution >= 0.6 is 0 Å². The molecule has 0 unspecified atom stereocenters. The van der Waals surface area contributed by atoms with Crippen molar-refractivity contribution < 1.29 is 4.90 Å². The Bertz CT molecular complexity index is 67.7. The Morgan fingerprint density at radius 2 is 1.45 bits per heavy atom. The lowest BCUT2D eigenvalue weighted by Crippen LogP contribution is -3.11. The monoisotopic (exact) mass is 160 g/mol. The predicted molar refractivity (Wildman–Crippen MR) is 48.6 cm³/mol. The van der Waals surface area contributed by atoms with Crippen LogP contribution in [0.3, 0.4) is 0 Å². The van der Waals surface area contributed by atoms with Crippen LogP contribution in [0.1, 0.15) is 19.8 Å². The molecule has 0 spiro atoms. The lowest BCUT2D eigenvalue weighted by atomic mass is 10.3. The molecular formula is C8H22N3+. The molecule has 0 saturated heterocycles. The highest BCUT2D eigenvalue weighted by Gasteiger charge is 2.02. The van der Waals surface area contributed by atoms with E-state index in [9.17, 15) is 0 Å². The number of hydrogen-bond acceptors (Lipinski definition) is 2. The van der Waals surface area contributed by atoms with Crippen LogP contribution in [0, 0.1) is 0 Å². The third kappa shape index (κ3) is 6.28. The summed E-state index contributed by atoms with van der Waals surface area (Å²) < 4.78 is 0. The largest absolute Gasteiger partial charge is 0.335 e. The molecule has 5 N–H and O–H groups in total. The minimum atomic E-state index is 0.812. The van der Waals surface area contributed by atoms with Gasteiger partial charge in [0.25, 0.3) is 0 Å². The van der Waals surface area contributed by atoms with Crippen LogP contribution in [0.25, 0.3) is 0 Å². The molecule has 0 aromatic heterocycles. The SMILES string of the molecule is CC[NH+](CCCN)CCCN. The van der Waals surface area contributed by atoms with Gasteiger partial charge in [0, 0.05) is 12.8 Å². The number of nitrogens with two attached hydrogens (primary N) is 2. The van der Waals surface area contributed by atoms with Crippen molar-refractivity contribution in [3.63, 3.8) is 0 Å². The van der Waals surface area contributed by atoms with E-state index < -0.39 is 0 Å². The Labute approximate surface area is 69.7 Å². The quantitative estimate of drug-likeness (QED) is 0.428. The van der Waals surface area contributed by atoms with Gasteiger partial charge in [-0.05, 0) is 20.0 Å². The molecule has 3 heteroatoms. The van der Waals surface area contributed by atoms with Crippen LogP contribution in [0.4, 0.5) is 0 Å². The molecule has 11 heavy (non-hydrogen) atoms. The number of hydrogen-bond donors (Lipinski definition) is 3. The summed E-state index contributed by atoms with van der Waals surface area (Å²) in [6.45, 7) is 7.43. The second kappa shape index (κ2) is 7.98. The lowest BCUT2D eigenvalue weighted by Gasteiger charge is -2.16. The third-order valence-corrected chi connectivity index (χ3v) is 1.97. The van der Waals surface area contributed by atoms with Crippen molar-refractivity contribution in [3.05, 3.63) is 0 Å². The average Bonchev–Trinajstić information content (AvgIpc) is 2.05. The number of quaternary nitrogens is 1. The fourth-order valence-electron chi connectivity index (χ4n) is 1.18. The van der Waals surface area contributed by atoms with Crippen LogP contribution in [0.5, 0.6) is 0 Å². The van der Waals surface area contributed by atoms with Gasteiger partial charge in [0.15, 0.2) is 0 Å². The molecule has 0 rings (SSSR count). The number of nitrogens with one attached hydrogen (secondary N) is 1. The Morgan fingerprint density at radius 1 is 1.00 bits per heavy atom. The van der Waals surface area contributed by atoms with Crippen molar-refractivity contribution in [2.45, 2.75) is 19.8 Å². The molecule has 0 bridgehead atoms. The highest BCUT2D eigenvalue weighted by Crippen LogP contribution is 1.68. The molecule has 0 heterocycles. The summed E-state index contributed by atoms with van der Waals surface area (Å²) >= 11 is 0. The molecule has 3 nitrogen and oxygen atoms in total. The molecule has 0 aliphatic rings. The molecule has 0 aliphatic carbocycles. The van der Waals surface area contributed by atoms with E-state index in [1.807, 2.05) is 0 Å². The molecule has 0 aromatic rings. The Morgan fingerprint density at radius 3 is 1.73 bits per heavy atom. The Hall–Kier alpha value is -0.120. The van der Waals surface area contributed by atoms with Crippen LogP contribution < -0.4 is 16.4 Å². The molecule has 0 aromatic carbocycles. The van der Waals surface area contributed by atoms with Crippen LogP contribution in [-0.2, 0) is 0 Å². The summed E-state index contributed by atoms with van der Waals surface area (Å²) in [4.78, 5) is 1.63. The second-order valence-corrected chi connectivity index (χ2v) is 2.89. The standard InChI is InChI=1S/C8H21N3/c1-2-11(7-3-5-9)8-4-6-10/h2-10H2,1H3/p+1. The van der Waals surface area contributed by atoms with Gasteiger partial charge in [-0.25, -0.2) is 0 Å². The maximum atomic E-state index is 5.42. The zero-order valence-corrected chi connectivity index (χ0v) is 7.60. The van der Waals surface area contributed by atoms with Gasteiger partial charge in [-0.3, -0.25) is 0 Å². The predicted octanol–water partition coefficient (Wildman–Crippen LogP) is -1.41. The summed E-state index contributed by atoms with van der Waals surface area (Å²) in [5.74, 6) is 0. The molecule has 0 radical (unpaired) electrons. The van der Waals surface area contributed by atoms with E-state index in [0.717, 1.165) is 25.9 Å². The Kier molecular flexibility index (Phi) is 7.89. The van der Waals surface area contributed by atoms with E-state index in [2.05, 4.69) is 6.92 Å². The summed E-state index contributed by atoms with van der Waals surface area (Å²) in [6.07, 6.45) is 2.27. The van der Waals surface area contributed by atoms with Gasteiger partial charge >= 0.3 is 0 Å². The highest BCUT2D eigenvalue weighted by molar-refractivity contribution is 4.37. The molecule has 0 fully saturated rings. The van der Waals surface area contributed by atoms with E-state index in [0.29, 0.717) is 0 Å². The van der Waals surface area contributed by atoms with Crippen molar-refractivity contribution in [1.82, 2.24) is 0 Å². The van der Waals surface area contributed by atoms with Crippen LogP contribution in [-0.4, -0.2) is 32.7 Å². The maximum Gasteiger partial charge on any atom is 0.0783 e. The van der Waals surface area contributed by atoms with E-state index in [-0.39, 0.29) is 0 Å². The lowest BCUT2D eigenvalue weighted by molar-refractivity contribution is -0.898. The van der Waals surface area contributed by atoms with Crippen molar-refractivity contribution >= 4 is 0 Å². The van der Waals surface area contributed by atoms with Gasteiger partial charge in [-0.2, -0.15) is 0 Å². The topological polar surface area (TPSA) is 56.5 Å². The van der Waals surface area contributed by atoms with Crippen molar-refractivity contribution in [3.8, 4) is 0 Å². The molecule has 0 atom stereocenters. The Balaban J connectivity index is 3.25. The van der Waals surface area contributed by atoms with Gasteiger partial charge in [0.2, 0.25) is 0 Å². The minimum Gasteiger partial charge on any atom is -0.335 e. The maximum absolute atomic E-state index is 5.42. The fourth-order valence-corrected chi connectivity index (χ4v) is 1.18.